The summed E-state index contributed by atoms with van der Waals surface area (Å²) < 4.78 is 0. The van der Waals surface area contributed by atoms with E-state index < -0.39 is 0 Å². The molecule has 5 nitrogen and oxygen atoms in total. The van der Waals surface area contributed by atoms with Crippen molar-refractivity contribution in [2.24, 2.45) is 5.92 Å². The lowest BCUT2D eigenvalue weighted by Crippen LogP contribution is -2.44. The van der Waals surface area contributed by atoms with Crippen molar-refractivity contribution in [3.63, 3.8) is 0 Å². The standard InChI is InChI=1S/C24H31N3O2/c1-2-25-24(29)27-16-13-21(14-17-27)18-20-8-10-22(11-9-20)23(28)26-15-12-19-6-4-3-5-7-19/h3-11,21H,2,12-18H2,1H3,(H,25,29)(H,26,28). The van der Waals surface area contributed by atoms with E-state index in [2.05, 4.69) is 34.9 Å². The number of piperidine rings is 1. The Morgan fingerprint density at radius 1 is 0.931 bits per heavy atom. The molecule has 5 heteroatoms. The van der Waals surface area contributed by atoms with Crippen molar-refractivity contribution in [3.05, 3.63) is 71.3 Å². The molecule has 1 saturated heterocycles. The molecule has 0 unspecified atom stereocenters. The molecule has 1 fully saturated rings. The first-order valence-electron chi connectivity index (χ1n) is 10.6. The fourth-order valence-electron chi connectivity index (χ4n) is 3.80. The fourth-order valence-corrected chi connectivity index (χ4v) is 3.80. The van der Waals surface area contributed by atoms with Crippen LogP contribution >= 0.6 is 0 Å². The largest absolute Gasteiger partial charge is 0.352 e. The SMILES string of the molecule is CCNC(=O)N1CCC(Cc2ccc(C(=O)NCCc3ccccc3)cc2)CC1. The second-order valence-electron chi connectivity index (χ2n) is 7.66. The molecule has 3 rings (SSSR count). The van der Waals surface area contributed by atoms with Gasteiger partial charge in [0, 0.05) is 31.7 Å². The molecule has 3 amide bonds. The zero-order chi connectivity index (χ0) is 20.5. The quantitative estimate of drug-likeness (QED) is 0.754. The normalized spacial score (nSPS) is 14.4. The van der Waals surface area contributed by atoms with Crippen LogP contribution in [0.4, 0.5) is 4.79 Å². The van der Waals surface area contributed by atoms with Gasteiger partial charge in [-0.1, -0.05) is 42.5 Å². The first-order valence-corrected chi connectivity index (χ1v) is 10.6. The number of hydrogen-bond donors (Lipinski definition) is 2. The first kappa shape index (κ1) is 20.9. The average Bonchev–Trinajstić information content (AvgIpc) is 2.75. The summed E-state index contributed by atoms with van der Waals surface area (Å²) in [6.45, 7) is 4.88. The zero-order valence-electron chi connectivity index (χ0n) is 17.2. The van der Waals surface area contributed by atoms with E-state index in [1.807, 2.05) is 42.2 Å². The minimum atomic E-state index is -0.0253. The van der Waals surface area contributed by atoms with Crippen LogP contribution in [-0.2, 0) is 12.8 Å². The summed E-state index contributed by atoms with van der Waals surface area (Å²) in [7, 11) is 0. The molecule has 0 aromatic heterocycles. The van der Waals surface area contributed by atoms with Crippen molar-refractivity contribution in [2.75, 3.05) is 26.2 Å². The Kier molecular flexibility index (Phi) is 7.68. The maximum Gasteiger partial charge on any atom is 0.317 e. The number of amides is 3. The van der Waals surface area contributed by atoms with Crippen molar-refractivity contribution in [3.8, 4) is 0 Å². The van der Waals surface area contributed by atoms with Crippen LogP contribution in [0.1, 0.15) is 41.3 Å². The lowest BCUT2D eigenvalue weighted by Gasteiger charge is -2.32. The third kappa shape index (κ3) is 6.34. The van der Waals surface area contributed by atoms with Crippen LogP contribution in [0.5, 0.6) is 0 Å². The first-order chi connectivity index (χ1) is 14.2. The van der Waals surface area contributed by atoms with Gasteiger partial charge in [0.1, 0.15) is 0 Å². The Labute approximate surface area is 173 Å². The molecule has 2 N–H and O–H groups in total. The van der Waals surface area contributed by atoms with E-state index in [-0.39, 0.29) is 11.9 Å². The number of nitrogens with zero attached hydrogens (tertiary/aromatic N) is 1. The monoisotopic (exact) mass is 393 g/mol. The van der Waals surface area contributed by atoms with Gasteiger partial charge in [-0.2, -0.15) is 0 Å². The average molecular weight is 394 g/mol. The Hall–Kier alpha value is -2.82. The van der Waals surface area contributed by atoms with E-state index >= 15 is 0 Å². The molecule has 29 heavy (non-hydrogen) atoms. The maximum absolute atomic E-state index is 12.3. The van der Waals surface area contributed by atoms with E-state index in [4.69, 9.17) is 0 Å². The molecule has 1 aliphatic heterocycles. The van der Waals surface area contributed by atoms with E-state index in [1.165, 1.54) is 11.1 Å². The number of benzene rings is 2. The molecule has 0 saturated carbocycles. The van der Waals surface area contributed by atoms with Crippen LogP contribution in [-0.4, -0.2) is 43.0 Å². The highest BCUT2D eigenvalue weighted by Gasteiger charge is 2.22. The number of nitrogens with one attached hydrogen (secondary N) is 2. The summed E-state index contributed by atoms with van der Waals surface area (Å²) in [5, 5.41) is 5.86. The Bertz CT molecular complexity index is 782. The number of likely N-dealkylation sites (tertiary alicyclic amines) is 1. The summed E-state index contributed by atoms with van der Waals surface area (Å²) in [5.74, 6) is 0.564. The molecule has 154 valence electrons. The summed E-state index contributed by atoms with van der Waals surface area (Å²) in [4.78, 5) is 26.1. The van der Waals surface area contributed by atoms with E-state index in [0.29, 0.717) is 24.6 Å². The summed E-state index contributed by atoms with van der Waals surface area (Å²) in [5.41, 5.74) is 3.18. The van der Waals surface area contributed by atoms with Crippen LogP contribution in [0.3, 0.4) is 0 Å². The molecule has 0 aliphatic carbocycles. The van der Waals surface area contributed by atoms with Gasteiger partial charge in [0.25, 0.3) is 5.91 Å². The molecule has 2 aromatic carbocycles. The molecule has 2 aromatic rings. The predicted octanol–water partition coefficient (Wildman–Crippen LogP) is 3.64. The van der Waals surface area contributed by atoms with Gasteiger partial charge in [-0.25, -0.2) is 4.79 Å². The smallest absolute Gasteiger partial charge is 0.317 e. The van der Waals surface area contributed by atoms with Gasteiger partial charge < -0.3 is 15.5 Å². The van der Waals surface area contributed by atoms with Gasteiger partial charge in [-0.3, -0.25) is 4.79 Å². The fraction of sp³-hybridized carbons (Fsp3) is 0.417. The lowest BCUT2D eigenvalue weighted by atomic mass is 9.90. The van der Waals surface area contributed by atoms with Crippen molar-refractivity contribution in [2.45, 2.75) is 32.6 Å². The van der Waals surface area contributed by atoms with Gasteiger partial charge in [0.2, 0.25) is 0 Å². The molecular formula is C24H31N3O2. The second-order valence-corrected chi connectivity index (χ2v) is 7.66. The minimum absolute atomic E-state index is 0.0253. The van der Waals surface area contributed by atoms with Crippen LogP contribution in [0.15, 0.2) is 54.6 Å². The molecule has 0 atom stereocenters. The van der Waals surface area contributed by atoms with Crippen molar-refractivity contribution in [1.82, 2.24) is 15.5 Å². The van der Waals surface area contributed by atoms with E-state index in [9.17, 15) is 9.59 Å². The Balaban J connectivity index is 1.42. The van der Waals surface area contributed by atoms with Gasteiger partial charge >= 0.3 is 6.03 Å². The van der Waals surface area contributed by atoms with Gasteiger partial charge in [0.05, 0.1) is 0 Å². The van der Waals surface area contributed by atoms with Gasteiger partial charge in [-0.05, 0) is 61.8 Å². The number of urea groups is 1. The highest BCUT2D eigenvalue weighted by atomic mass is 16.2. The summed E-state index contributed by atoms with van der Waals surface area (Å²) >= 11 is 0. The molecule has 1 heterocycles. The molecule has 1 aliphatic rings. The molecule has 0 bridgehead atoms. The summed E-state index contributed by atoms with van der Waals surface area (Å²) in [6, 6.07) is 18.2. The number of rotatable bonds is 7. The highest BCUT2D eigenvalue weighted by molar-refractivity contribution is 5.94. The predicted molar refractivity (Wildman–Crippen MR) is 116 cm³/mol. The molecule has 0 spiro atoms. The third-order valence-electron chi connectivity index (χ3n) is 5.51. The Morgan fingerprint density at radius 2 is 1.62 bits per heavy atom. The van der Waals surface area contributed by atoms with Crippen LogP contribution in [0.2, 0.25) is 0 Å². The maximum atomic E-state index is 12.3. The van der Waals surface area contributed by atoms with Gasteiger partial charge in [0.15, 0.2) is 0 Å². The minimum Gasteiger partial charge on any atom is -0.352 e. The second kappa shape index (κ2) is 10.6. The number of carbonyl (C=O) groups is 2. The molecular weight excluding hydrogens is 362 g/mol. The van der Waals surface area contributed by atoms with Crippen LogP contribution in [0.25, 0.3) is 0 Å². The van der Waals surface area contributed by atoms with Crippen molar-refractivity contribution >= 4 is 11.9 Å². The zero-order valence-corrected chi connectivity index (χ0v) is 17.2. The number of hydrogen-bond acceptors (Lipinski definition) is 2. The van der Waals surface area contributed by atoms with Crippen LogP contribution < -0.4 is 10.6 Å². The van der Waals surface area contributed by atoms with Gasteiger partial charge in [-0.15, -0.1) is 0 Å². The Morgan fingerprint density at radius 3 is 2.28 bits per heavy atom. The van der Waals surface area contributed by atoms with Crippen molar-refractivity contribution in [1.29, 1.82) is 0 Å². The summed E-state index contributed by atoms with van der Waals surface area (Å²) in [6.07, 6.45) is 3.89. The number of carbonyl (C=O) groups excluding carboxylic acids is 2. The molecule has 0 radical (unpaired) electrons. The topological polar surface area (TPSA) is 61.4 Å². The van der Waals surface area contributed by atoms with Crippen LogP contribution in [0, 0.1) is 5.92 Å². The lowest BCUT2D eigenvalue weighted by molar-refractivity contribution is 0.0954. The van der Waals surface area contributed by atoms with Crippen molar-refractivity contribution < 1.29 is 9.59 Å². The highest BCUT2D eigenvalue weighted by Crippen LogP contribution is 2.22. The van der Waals surface area contributed by atoms with E-state index in [1.54, 1.807) is 0 Å². The van der Waals surface area contributed by atoms with E-state index in [0.717, 1.165) is 38.8 Å². The third-order valence-corrected chi connectivity index (χ3v) is 5.51.